The van der Waals surface area contributed by atoms with Gasteiger partial charge in [0.15, 0.2) is 69.8 Å². The van der Waals surface area contributed by atoms with E-state index in [1.807, 2.05) is 0 Å². The molecule has 1 N–H and O–H groups in total. The summed E-state index contributed by atoms with van der Waals surface area (Å²) in [5.74, 6) is -69.9. The van der Waals surface area contributed by atoms with Crippen LogP contribution in [0.1, 0.15) is 59.1 Å². The minimum Gasteiger partial charge on any atom is -0.332 e. The van der Waals surface area contributed by atoms with Gasteiger partial charge in [0, 0.05) is 18.3 Å². The van der Waals surface area contributed by atoms with Gasteiger partial charge in [-0.15, -0.1) is 21.9 Å². The second kappa shape index (κ2) is 20.7. The van der Waals surface area contributed by atoms with E-state index < -0.39 is 144 Å². The fraction of sp³-hybridized carbons (Fsp3) is 0.318. The molecular formula is C44H36BF20N. The smallest absolute Gasteiger partial charge is 0.200 e. The quantitative estimate of drug-likeness (QED) is 0.0520. The van der Waals surface area contributed by atoms with Crippen LogP contribution in [0.25, 0.3) is 0 Å². The molecule has 66 heavy (non-hydrogen) atoms. The molecule has 5 rings (SSSR count). The van der Waals surface area contributed by atoms with Gasteiger partial charge in [0.1, 0.15) is 52.7 Å². The summed E-state index contributed by atoms with van der Waals surface area (Å²) in [6.45, 7) is 16.6. The normalized spacial score (nSPS) is 12.4. The molecule has 0 bridgehead atoms. The van der Waals surface area contributed by atoms with Gasteiger partial charge in [-0.1, -0.05) is 65.8 Å². The van der Waals surface area contributed by atoms with Gasteiger partial charge < -0.3 is 4.90 Å². The lowest BCUT2D eigenvalue weighted by Gasteiger charge is -2.44. The molecule has 360 valence electrons. The first kappa shape index (κ1) is 53.3. The van der Waals surface area contributed by atoms with Crippen molar-refractivity contribution >= 4 is 28.0 Å². The Kier molecular flexibility index (Phi) is 16.7. The summed E-state index contributed by atoms with van der Waals surface area (Å²) in [6, 6.07) is 10.0. The molecule has 1 atom stereocenters. The van der Waals surface area contributed by atoms with E-state index in [2.05, 4.69) is 65.8 Å². The summed E-state index contributed by atoms with van der Waals surface area (Å²) in [4.78, 5) is 1.79. The second-order valence-electron chi connectivity index (χ2n) is 16.1. The van der Waals surface area contributed by atoms with E-state index in [9.17, 15) is 52.7 Å². The lowest BCUT2D eigenvalue weighted by Crippen LogP contribution is -3.17. The van der Waals surface area contributed by atoms with Crippen LogP contribution in [0.2, 0.25) is 0 Å². The van der Waals surface area contributed by atoms with Crippen molar-refractivity contribution in [2.45, 2.75) is 66.8 Å². The third-order valence-electron chi connectivity index (χ3n) is 11.0. The molecule has 0 fully saturated rings. The largest absolute Gasteiger partial charge is 0.332 e. The third-order valence-corrected chi connectivity index (χ3v) is 11.0. The van der Waals surface area contributed by atoms with Gasteiger partial charge in [-0.2, -0.15) is 0 Å². The molecule has 0 aliphatic heterocycles. The zero-order valence-electron chi connectivity index (χ0n) is 35.2. The lowest BCUT2D eigenvalue weighted by atomic mass is 9.12. The van der Waals surface area contributed by atoms with Gasteiger partial charge in [0.05, 0.1) is 19.1 Å². The fourth-order valence-corrected chi connectivity index (χ4v) is 8.11. The molecule has 0 aromatic heterocycles. The predicted octanol–water partition coefficient (Wildman–Crippen LogP) is 9.61. The minimum atomic E-state index is -7.22. The SMILES string of the molecule is CCc1ccc(CC(CC)[NH+](CC(C)C)CC(C)C)cc1.Fc1c(F)c(F)c([B-](c2c(F)c(F)c(F)c(F)c2F)(c2c(F)c(F)c(F)c(F)c2F)c2c(F)c(F)c(F)c(F)c2F)c(F)c1F. The van der Waals surface area contributed by atoms with E-state index in [0.29, 0.717) is 0 Å². The van der Waals surface area contributed by atoms with E-state index in [0.717, 1.165) is 24.3 Å². The van der Waals surface area contributed by atoms with E-state index in [-0.39, 0.29) is 0 Å². The molecule has 0 aliphatic rings. The molecule has 5 aromatic carbocycles. The van der Waals surface area contributed by atoms with Crippen LogP contribution in [-0.4, -0.2) is 25.3 Å². The maximum atomic E-state index is 15.4. The molecule has 0 saturated carbocycles. The Labute approximate surface area is 364 Å². The van der Waals surface area contributed by atoms with Gasteiger partial charge in [-0.05, 0) is 24.0 Å². The van der Waals surface area contributed by atoms with Crippen molar-refractivity contribution in [3.63, 3.8) is 0 Å². The maximum absolute atomic E-state index is 15.4. The predicted molar refractivity (Wildman–Crippen MR) is 203 cm³/mol. The van der Waals surface area contributed by atoms with Crippen molar-refractivity contribution in [3.8, 4) is 0 Å². The number of aryl methyl sites for hydroxylation is 1. The van der Waals surface area contributed by atoms with Gasteiger partial charge in [0.25, 0.3) is 0 Å². The molecule has 0 radical (unpaired) electrons. The first-order chi connectivity index (χ1) is 30.7. The summed E-state index contributed by atoms with van der Waals surface area (Å²) in [5.41, 5.74) is -11.4. The minimum absolute atomic E-state index is 0.752. The van der Waals surface area contributed by atoms with Crippen molar-refractivity contribution in [2.75, 3.05) is 13.1 Å². The van der Waals surface area contributed by atoms with Crippen LogP contribution in [0, 0.1) is 128 Å². The highest BCUT2D eigenvalue weighted by Gasteiger charge is 2.52. The van der Waals surface area contributed by atoms with Crippen LogP contribution < -0.4 is 26.8 Å². The fourth-order valence-electron chi connectivity index (χ4n) is 8.11. The van der Waals surface area contributed by atoms with E-state index >= 15 is 35.1 Å². The summed E-state index contributed by atoms with van der Waals surface area (Å²) in [5, 5.41) is 0. The highest BCUT2D eigenvalue weighted by molar-refractivity contribution is 7.20. The molecule has 0 aliphatic carbocycles. The van der Waals surface area contributed by atoms with Gasteiger partial charge in [0.2, 0.25) is 0 Å². The van der Waals surface area contributed by atoms with E-state index in [1.54, 1.807) is 4.90 Å². The van der Waals surface area contributed by atoms with Crippen molar-refractivity contribution in [3.05, 3.63) is 152 Å². The van der Waals surface area contributed by atoms with Crippen molar-refractivity contribution in [1.82, 2.24) is 0 Å². The van der Waals surface area contributed by atoms with Crippen molar-refractivity contribution in [1.29, 1.82) is 0 Å². The second-order valence-corrected chi connectivity index (χ2v) is 16.1. The zero-order valence-corrected chi connectivity index (χ0v) is 35.2. The Hall–Kier alpha value is -5.28. The first-order valence-electron chi connectivity index (χ1n) is 19.8. The Morgan fingerprint density at radius 3 is 0.758 bits per heavy atom. The lowest BCUT2D eigenvalue weighted by molar-refractivity contribution is -0.931. The average Bonchev–Trinajstić information content (AvgIpc) is 3.27. The molecule has 0 amide bonds. The number of hydrogen-bond acceptors (Lipinski definition) is 0. The van der Waals surface area contributed by atoms with Crippen molar-refractivity contribution < 1.29 is 92.7 Å². The Bertz CT molecular complexity index is 2220. The summed E-state index contributed by atoms with van der Waals surface area (Å²) >= 11 is 0. The van der Waals surface area contributed by atoms with Crippen LogP contribution >= 0.6 is 0 Å². The summed E-state index contributed by atoms with van der Waals surface area (Å²) in [7, 11) is 0. The Morgan fingerprint density at radius 2 is 0.561 bits per heavy atom. The number of rotatable bonds is 13. The number of quaternary nitrogens is 1. The topological polar surface area (TPSA) is 4.44 Å². The molecule has 22 heteroatoms. The standard InChI is InChI=1S/C24BF20.C20H35N/c26-5-1(6(27)14(35)21(42)13(5)34)25(2-7(28)15(36)22(43)16(37)8(2)29,3-9(30)17(38)23(44)18(39)10(3)31)4-11(32)19(40)24(45)20(41)12(4)33;1-7-18-9-11-19(12-10-18)13-20(8-2)21(14-16(3)4)15-17(5)6/h;9-12,16-17,20H,7-8,13-15H2,1-6H3/q-1;/p+1. The maximum Gasteiger partial charge on any atom is 0.200 e. The van der Waals surface area contributed by atoms with Crippen LogP contribution in [0.15, 0.2) is 24.3 Å². The number of halogens is 20. The van der Waals surface area contributed by atoms with E-state index in [1.165, 1.54) is 37.1 Å². The molecule has 5 aromatic rings. The van der Waals surface area contributed by atoms with Gasteiger partial charge in [-0.3, -0.25) is 0 Å². The van der Waals surface area contributed by atoms with Crippen molar-refractivity contribution in [2.24, 2.45) is 11.8 Å². The molecule has 0 heterocycles. The van der Waals surface area contributed by atoms with Crippen LogP contribution in [0.4, 0.5) is 87.8 Å². The number of benzene rings is 5. The third kappa shape index (κ3) is 9.34. The molecule has 1 nitrogen and oxygen atoms in total. The van der Waals surface area contributed by atoms with Crippen LogP contribution in [0.5, 0.6) is 0 Å². The van der Waals surface area contributed by atoms with Crippen LogP contribution in [-0.2, 0) is 12.8 Å². The average molecular weight is 970 g/mol. The highest BCUT2D eigenvalue weighted by atomic mass is 19.2. The van der Waals surface area contributed by atoms with Gasteiger partial charge >= 0.3 is 0 Å². The molecule has 0 saturated heterocycles. The van der Waals surface area contributed by atoms with Gasteiger partial charge in [-0.25, -0.2) is 87.8 Å². The summed E-state index contributed by atoms with van der Waals surface area (Å²) in [6.07, 6.45) is -3.60. The Balaban J connectivity index is 0.000000380. The monoisotopic (exact) mass is 969 g/mol. The first-order valence-corrected chi connectivity index (χ1v) is 19.8. The van der Waals surface area contributed by atoms with Crippen LogP contribution in [0.3, 0.4) is 0 Å². The van der Waals surface area contributed by atoms with E-state index in [4.69, 9.17) is 0 Å². The number of nitrogens with one attached hydrogen (secondary N) is 1. The Morgan fingerprint density at radius 1 is 0.348 bits per heavy atom. The zero-order chi connectivity index (χ0) is 50.2. The highest BCUT2D eigenvalue weighted by Crippen LogP contribution is 2.31. The summed E-state index contributed by atoms with van der Waals surface area (Å²) < 4.78 is 294. The number of hydrogen-bond donors (Lipinski definition) is 1. The molecule has 0 spiro atoms. The molecular weight excluding hydrogens is 933 g/mol. The molecule has 1 unspecified atom stereocenters.